The fraction of sp³-hybridized carbons (Fsp3) is 0.182. The highest BCUT2D eigenvalue weighted by molar-refractivity contribution is 6.25. The molecule has 1 aliphatic rings. The molecule has 2 aromatic rings. The summed E-state index contributed by atoms with van der Waals surface area (Å²) >= 11 is 0. The summed E-state index contributed by atoms with van der Waals surface area (Å²) in [5, 5.41) is 2.66. The van der Waals surface area contributed by atoms with Gasteiger partial charge in [-0.2, -0.15) is 26.3 Å². The number of carbonyl (C=O) groups excluding carboxylic acids is 1. The second-order valence-corrected chi connectivity index (χ2v) is 6.89. The molecule has 3 nitrogen and oxygen atoms in total. The average Bonchev–Trinajstić information content (AvgIpc) is 2.69. The molecule has 1 N–H and O–H groups in total. The molecule has 0 atom stereocenters. The van der Waals surface area contributed by atoms with Crippen LogP contribution >= 0.6 is 0 Å². The number of nitrogens with one attached hydrogen (secondary N) is 1. The molecular formula is C22H16F6N2O. The van der Waals surface area contributed by atoms with Crippen LogP contribution in [0.25, 0.3) is 0 Å². The Morgan fingerprint density at radius 1 is 0.806 bits per heavy atom. The lowest BCUT2D eigenvalue weighted by atomic mass is 9.94. The molecule has 162 valence electrons. The SMILES string of the molecule is CC1=C(C)C(=Nc2cccc(C(F)(F)F)c2)C=C(Nc2cccc(C(F)(F)F)c2)C1=O. The molecule has 3 rings (SSSR count). The van der Waals surface area contributed by atoms with Gasteiger partial charge in [-0.3, -0.25) is 4.79 Å². The largest absolute Gasteiger partial charge is 0.416 e. The van der Waals surface area contributed by atoms with E-state index in [1.54, 1.807) is 6.92 Å². The quantitative estimate of drug-likeness (QED) is 0.427. The lowest BCUT2D eigenvalue weighted by Gasteiger charge is -2.19. The molecule has 2 aromatic carbocycles. The predicted octanol–water partition coefficient (Wildman–Crippen LogP) is 6.71. The number of ketones is 1. The molecule has 0 fully saturated rings. The molecular weight excluding hydrogens is 422 g/mol. The highest BCUT2D eigenvalue weighted by Gasteiger charge is 2.31. The van der Waals surface area contributed by atoms with Crippen LogP contribution < -0.4 is 5.32 Å². The predicted molar refractivity (Wildman–Crippen MR) is 105 cm³/mol. The topological polar surface area (TPSA) is 41.5 Å². The van der Waals surface area contributed by atoms with E-state index in [1.165, 1.54) is 37.3 Å². The molecule has 0 heterocycles. The Bertz CT molecular complexity index is 1120. The minimum absolute atomic E-state index is 0.0287. The van der Waals surface area contributed by atoms with Crippen LogP contribution in [0.2, 0.25) is 0 Å². The Morgan fingerprint density at radius 2 is 1.39 bits per heavy atom. The number of hydrogen-bond donors (Lipinski definition) is 1. The zero-order chi connectivity index (χ0) is 23.0. The van der Waals surface area contributed by atoms with Crippen LogP contribution in [-0.4, -0.2) is 11.5 Å². The first-order valence-corrected chi connectivity index (χ1v) is 9.01. The van der Waals surface area contributed by atoms with E-state index in [9.17, 15) is 31.1 Å². The standard InChI is InChI=1S/C22H16F6N2O/c1-12-13(2)20(31)19(30-17-8-4-6-15(10-17)22(26,27)28)11-18(12)29-16-7-3-5-14(9-16)21(23,24)25/h3-11,30H,1-2H3. The average molecular weight is 438 g/mol. The summed E-state index contributed by atoms with van der Waals surface area (Å²) in [7, 11) is 0. The molecule has 0 spiro atoms. The van der Waals surface area contributed by atoms with Crippen molar-refractivity contribution in [2.45, 2.75) is 26.2 Å². The molecule has 9 heteroatoms. The summed E-state index contributed by atoms with van der Waals surface area (Å²) in [6.45, 7) is 3.11. The normalized spacial score (nSPS) is 16.6. The van der Waals surface area contributed by atoms with Gasteiger partial charge in [0.25, 0.3) is 0 Å². The number of allylic oxidation sites excluding steroid dienone is 3. The van der Waals surface area contributed by atoms with Gasteiger partial charge in [0, 0.05) is 11.3 Å². The first-order chi connectivity index (χ1) is 14.4. The van der Waals surface area contributed by atoms with Gasteiger partial charge in [-0.1, -0.05) is 12.1 Å². The number of rotatable bonds is 3. The number of Topliss-reactive ketones (excluding diaryl/α,β-unsaturated/α-hetero) is 1. The first-order valence-electron chi connectivity index (χ1n) is 9.01. The summed E-state index contributed by atoms with van der Waals surface area (Å²) in [6, 6.07) is 8.72. The summed E-state index contributed by atoms with van der Waals surface area (Å²) < 4.78 is 77.7. The van der Waals surface area contributed by atoms with E-state index >= 15 is 0 Å². The third kappa shape index (κ3) is 5.04. The van der Waals surface area contributed by atoms with Gasteiger partial charge in [0.05, 0.1) is 28.2 Å². The van der Waals surface area contributed by atoms with Crippen molar-refractivity contribution in [2.24, 2.45) is 4.99 Å². The number of benzene rings is 2. The van der Waals surface area contributed by atoms with Gasteiger partial charge >= 0.3 is 12.4 Å². The first kappa shape index (κ1) is 22.3. The highest BCUT2D eigenvalue weighted by Crippen LogP contribution is 2.33. The lowest BCUT2D eigenvalue weighted by molar-refractivity contribution is -0.138. The van der Waals surface area contributed by atoms with Crippen LogP contribution in [0.15, 0.2) is 76.4 Å². The third-order valence-corrected chi connectivity index (χ3v) is 4.70. The van der Waals surface area contributed by atoms with Crippen molar-refractivity contribution in [2.75, 3.05) is 5.32 Å². The lowest BCUT2D eigenvalue weighted by Crippen LogP contribution is -2.21. The van der Waals surface area contributed by atoms with E-state index in [0.717, 1.165) is 24.3 Å². The van der Waals surface area contributed by atoms with Crippen LogP contribution in [0.5, 0.6) is 0 Å². The smallest absolute Gasteiger partial charge is 0.352 e. The Morgan fingerprint density at radius 3 is 2.00 bits per heavy atom. The minimum Gasteiger partial charge on any atom is -0.352 e. The fourth-order valence-corrected chi connectivity index (χ4v) is 2.90. The van der Waals surface area contributed by atoms with Crippen molar-refractivity contribution in [3.05, 3.63) is 82.6 Å². The molecule has 0 aliphatic heterocycles. The Hall–Kier alpha value is -3.36. The summed E-state index contributed by atoms with van der Waals surface area (Å²) in [5.41, 5.74) is -0.756. The summed E-state index contributed by atoms with van der Waals surface area (Å²) in [6.07, 6.45) is -7.78. The Labute approximate surface area is 173 Å². The van der Waals surface area contributed by atoms with Crippen LogP contribution in [0.3, 0.4) is 0 Å². The van der Waals surface area contributed by atoms with E-state index < -0.39 is 29.3 Å². The van der Waals surface area contributed by atoms with Crippen LogP contribution in [0.4, 0.5) is 37.7 Å². The monoisotopic (exact) mass is 438 g/mol. The molecule has 0 saturated heterocycles. The van der Waals surface area contributed by atoms with Gasteiger partial charge in [0.15, 0.2) is 0 Å². The molecule has 0 radical (unpaired) electrons. The second-order valence-electron chi connectivity index (χ2n) is 6.89. The summed E-state index contributed by atoms with van der Waals surface area (Å²) in [4.78, 5) is 16.8. The molecule has 0 amide bonds. The summed E-state index contributed by atoms with van der Waals surface area (Å²) in [5.74, 6) is -0.446. The van der Waals surface area contributed by atoms with Gasteiger partial charge in [-0.15, -0.1) is 0 Å². The van der Waals surface area contributed by atoms with Crippen molar-refractivity contribution < 1.29 is 31.1 Å². The van der Waals surface area contributed by atoms with E-state index in [0.29, 0.717) is 5.57 Å². The third-order valence-electron chi connectivity index (χ3n) is 4.70. The van der Waals surface area contributed by atoms with Gasteiger partial charge in [0.1, 0.15) is 0 Å². The van der Waals surface area contributed by atoms with Crippen molar-refractivity contribution in [1.82, 2.24) is 0 Å². The van der Waals surface area contributed by atoms with E-state index in [-0.39, 0.29) is 28.4 Å². The molecule has 0 unspecified atom stereocenters. The Kier molecular flexibility index (Phi) is 5.80. The van der Waals surface area contributed by atoms with Crippen LogP contribution in [0, 0.1) is 0 Å². The number of halogens is 6. The molecule has 0 aromatic heterocycles. The number of alkyl halides is 6. The van der Waals surface area contributed by atoms with Crippen molar-refractivity contribution in [3.63, 3.8) is 0 Å². The van der Waals surface area contributed by atoms with Gasteiger partial charge in [-0.05, 0) is 61.9 Å². The molecule has 31 heavy (non-hydrogen) atoms. The van der Waals surface area contributed by atoms with Crippen molar-refractivity contribution in [1.29, 1.82) is 0 Å². The fourth-order valence-electron chi connectivity index (χ4n) is 2.90. The van der Waals surface area contributed by atoms with E-state index in [4.69, 9.17) is 0 Å². The number of nitrogens with zero attached hydrogens (tertiary/aromatic N) is 1. The maximum Gasteiger partial charge on any atom is 0.416 e. The van der Waals surface area contributed by atoms with Gasteiger partial charge in [-0.25, -0.2) is 4.99 Å². The molecule has 0 saturated carbocycles. The Balaban J connectivity index is 1.99. The van der Waals surface area contributed by atoms with Crippen LogP contribution in [0.1, 0.15) is 25.0 Å². The number of anilines is 1. The second kappa shape index (κ2) is 8.05. The van der Waals surface area contributed by atoms with E-state index in [2.05, 4.69) is 10.3 Å². The molecule has 1 aliphatic carbocycles. The van der Waals surface area contributed by atoms with Gasteiger partial charge < -0.3 is 5.32 Å². The van der Waals surface area contributed by atoms with E-state index in [1.807, 2.05) is 0 Å². The number of carbonyl (C=O) groups is 1. The van der Waals surface area contributed by atoms with Crippen LogP contribution in [-0.2, 0) is 17.1 Å². The van der Waals surface area contributed by atoms with Crippen molar-refractivity contribution in [3.8, 4) is 0 Å². The zero-order valence-electron chi connectivity index (χ0n) is 16.3. The van der Waals surface area contributed by atoms with Crippen molar-refractivity contribution >= 4 is 22.9 Å². The highest BCUT2D eigenvalue weighted by atomic mass is 19.4. The number of hydrogen-bond acceptors (Lipinski definition) is 3. The zero-order valence-corrected chi connectivity index (χ0v) is 16.3. The maximum atomic E-state index is 13.0. The van der Waals surface area contributed by atoms with Gasteiger partial charge in [0.2, 0.25) is 5.78 Å². The molecule has 0 bridgehead atoms. The maximum absolute atomic E-state index is 13.0. The minimum atomic E-state index is -4.55. The number of aliphatic imine (C=N–C) groups is 1.